The van der Waals surface area contributed by atoms with Crippen LogP contribution in [0.1, 0.15) is 31.7 Å². The first-order valence-electron chi connectivity index (χ1n) is 8.26. The summed E-state index contributed by atoms with van der Waals surface area (Å²) >= 11 is 0. The fourth-order valence-corrected chi connectivity index (χ4v) is 2.71. The Morgan fingerprint density at radius 3 is 2.92 bits per heavy atom. The first kappa shape index (κ1) is 18.4. The lowest BCUT2D eigenvalue weighted by Crippen LogP contribution is -2.23. The molecule has 0 aromatic heterocycles. The van der Waals surface area contributed by atoms with E-state index in [-0.39, 0.29) is 17.4 Å². The number of carbonyl (C=O) groups is 1. The Morgan fingerprint density at radius 1 is 1.42 bits per heavy atom. The maximum absolute atomic E-state index is 12.4. The molecular formula is C17H24F2N2O3. The van der Waals surface area contributed by atoms with Crippen LogP contribution < -0.4 is 20.1 Å². The van der Waals surface area contributed by atoms with E-state index in [1.165, 1.54) is 6.07 Å². The molecule has 1 atom stereocenters. The van der Waals surface area contributed by atoms with Crippen LogP contribution in [0.25, 0.3) is 0 Å². The Labute approximate surface area is 140 Å². The summed E-state index contributed by atoms with van der Waals surface area (Å²) in [5.74, 6) is 0.816. The number of nitrogens with one attached hydrogen (secondary N) is 2. The van der Waals surface area contributed by atoms with Gasteiger partial charge in [0.1, 0.15) is 0 Å². The fourth-order valence-electron chi connectivity index (χ4n) is 2.71. The van der Waals surface area contributed by atoms with Crippen molar-refractivity contribution in [3.8, 4) is 11.5 Å². The maximum atomic E-state index is 12.4. The molecule has 1 fully saturated rings. The topological polar surface area (TPSA) is 59.6 Å². The second-order valence-corrected chi connectivity index (χ2v) is 5.77. The molecule has 1 aliphatic heterocycles. The van der Waals surface area contributed by atoms with Gasteiger partial charge in [0, 0.05) is 13.0 Å². The van der Waals surface area contributed by atoms with E-state index < -0.39 is 6.61 Å². The number of carbonyl (C=O) groups excluding carboxylic acids is 1. The molecule has 0 radical (unpaired) electrons. The lowest BCUT2D eigenvalue weighted by Gasteiger charge is -2.13. The van der Waals surface area contributed by atoms with Crippen molar-refractivity contribution >= 4 is 5.91 Å². The highest BCUT2D eigenvalue weighted by Gasteiger charge is 2.16. The Balaban J connectivity index is 1.84. The van der Waals surface area contributed by atoms with Crippen LogP contribution in [0.4, 0.5) is 8.78 Å². The van der Waals surface area contributed by atoms with Gasteiger partial charge in [-0.2, -0.15) is 8.78 Å². The molecule has 0 saturated carbocycles. The minimum absolute atomic E-state index is 0.00402. The zero-order valence-electron chi connectivity index (χ0n) is 13.8. The second kappa shape index (κ2) is 9.42. The molecule has 134 valence electrons. The van der Waals surface area contributed by atoms with Crippen molar-refractivity contribution in [2.24, 2.45) is 5.92 Å². The third-order valence-electron chi connectivity index (χ3n) is 3.96. The summed E-state index contributed by atoms with van der Waals surface area (Å²) in [5.41, 5.74) is 0.774. The van der Waals surface area contributed by atoms with Crippen molar-refractivity contribution < 1.29 is 23.0 Å². The molecule has 0 aliphatic carbocycles. The number of rotatable bonds is 9. The number of halogens is 2. The molecule has 1 saturated heterocycles. The average molecular weight is 342 g/mol. The minimum atomic E-state index is -2.90. The van der Waals surface area contributed by atoms with Crippen LogP contribution in [0, 0.1) is 5.92 Å². The molecule has 1 amide bonds. The first-order valence-corrected chi connectivity index (χ1v) is 8.26. The van der Waals surface area contributed by atoms with Crippen LogP contribution in [-0.4, -0.2) is 32.2 Å². The molecule has 1 aromatic rings. The molecule has 5 nitrogen and oxygen atoms in total. The fraction of sp³-hybridized carbons (Fsp3) is 0.588. The molecule has 24 heavy (non-hydrogen) atoms. The highest BCUT2D eigenvalue weighted by Crippen LogP contribution is 2.29. The summed E-state index contributed by atoms with van der Waals surface area (Å²) in [6.45, 7) is 1.54. The van der Waals surface area contributed by atoms with Gasteiger partial charge in [-0.3, -0.25) is 4.79 Å². The van der Waals surface area contributed by atoms with E-state index in [2.05, 4.69) is 15.4 Å². The summed E-state index contributed by atoms with van der Waals surface area (Å²) in [6.07, 6.45) is 2.50. The van der Waals surface area contributed by atoms with Crippen molar-refractivity contribution in [2.45, 2.75) is 39.3 Å². The number of benzene rings is 1. The van der Waals surface area contributed by atoms with Crippen molar-refractivity contribution in [2.75, 3.05) is 19.7 Å². The van der Waals surface area contributed by atoms with Gasteiger partial charge in [-0.15, -0.1) is 0 Å². The van der Waals surface area contributed by atoms with Gasteiger partial charge in [0.05, 0.1) is 6.61 Å². The highest BCUT2D eigenvalue weighted by atomic mass is 19.3. The van der Waals surface area contributed by atoms with Crippen LogP contribution >= 0.6 is 0 Å². The molecular weight excluding hydrogens is 318 g/mol. The van der Waals surface area contributed by atoms with Gasteiger partial charge in [0.2, 0.25) is 5.91 Å². The van der Waals surface area contributed by atoms with Gasteiger partial charge < -0.3 is 20.1 Å². The molecule has 1 heterocycles. The number of hydrogen-bond acceptors (Lipinski definition) is 4. The SMILES string of the molecule is CCOc1cc(CNC(=O)CCC2CCNC2)ccc1OC(F)F. The summed E-state index contributed by atoms with van der Waals surface area (Å²) in [5, 5.41) is 6.13. The lowest BCUT2D eigenvalue weighted by molar-refractivity contribution is -0.121. The van der Waals surface area contributed by atoms with Crippen molar-refractivity contribution in [1.29, 1.82) is 0 Å². The predicted octanol–water partition coefficient (Wildman–Crippen LogP) is 2.69. The number of alkyl halides is 2. The molecule has 0 spiro atoms. The van der Waals surface area contributed by atoms with Gasteiger partial charge in [-0.05, 0) is 56.5 Å². The first-order chi connectivity index (χ1) is 11.6. The molecule has 7 heteroatoms. The van der Waals surface area contributed by atoms with Crippen molar-refractivity contribution in [1.82, 2.24) is 10.6 Å². The van der Waals surface area contributed by atoms with Crippen molar-refractivity contribution in [3.63, 3.8) is 0 Å². The summed E-state index contributed by atoms with van der Waals surface area (Å²) < 4.78 is 34.5. The van der Waals surface area contributed by atoms with E-state index in [9.17, 15) is 13.6 Å². The third-order valence-corrected chi connectivity index (χ3v) is 3.96. The van der Waals surface area contributed by atoms with Gasteiger partial charge in [-0.25, -0.2) is 0 Å². The van der Waals surface area contributed by atoms with Crippen LogP contribution in [0.3, 0.4) is 0 Å². The van der Waals surface area contributed by atoms with E-state index in [1.807, 2.05) is 0 Å². The van der Waals surface area contributed by atoms with Gasteiger partial charge in [-0.1, -0.05) is 6.07 Å². The molecule has 2 rings (SSSR count). The van der Waals surface area contributed by atoms with E-state index in [4.69, 9.17) is 4.74 Å². The average Bonchev–Trinajstić information content (AvgIpc) is 3.06. The molecule has 2 N–H and O–H groups in total. The number of hydrogen-bond donors (Lipinski definition) is 2. The number of amides is 1. The van der Waals surface area contributed by atoms with E-state index >= 15 is 0 Å². The molecule has 1 aromatic carbocycles. The van der Waals surface area contributed by atoms with Crippen molar-refractivity contribution in [3.05, 3.63) is 23.8 Å². The standard InChI is InChI=1S/C17H24F2N2O3/c1-2-23-15-9-13(3-5-14(15)24-17(18)19)11-21-16(22)6-4-12-7-8-20-10-12/h3,5,9,12,17,20H,2,4,6-8,10-11H2,1H3,(H,21,22). The van der Waals surface area contributed by atoms with Crippen LogP contribution in [0.5, 0.6) is 11.5 Å². The van der Waals surface area contributed by atoms with E-state index in [1.54, 1.807) is 19.1 Å². The Bertz CT molecular complexity index is 535. The quantitative estimate of drug-likeness (QED) is 0.724. The summed E-state index contributed by atoms with van der Waals surface area (Å²) in [7, 11) is 0. The molecule has 1 aliphatic rings. The van der Waals surface area contributed by atoms with Gasteiger partial charge >= 0.3 is 6.61 Å². The summed E-state index contributed by atoms with van der Waals surface area (Å²) in [4.78, 5) is 11.9. The Morgan fingerprint density at radius 2 is 2.25 bits per heavy atom. The normalized spacial score (nSPS) is 17.1. The Hall–Kier alpha value is -1.89. The highest BCUT2D eigenvalue weighted by molar-refractivity contribution is 5.75. The third kappa shape index (κ3) is 5.96. The smallest absolute Gasteiger partial charge is 0.387 e. The minimum Gasteiger partial charge on any atom is -0.490 e. The predicted molar refractivity (Wildman–Crippen MR) is 86.3 cm³/mol. The van der Waals surface area contributed by atoms with Gasteiger partial charge in [0.25, 0.3) is 0 Å². The van der Waals surface area contributed by atoms with Crippen LogP contribution in [0.15, 0.2) is 18.2 Å². The summed E-state index contributed by atoms with van der Waals surface area (Å²) in [6, 6.07) is 4.69. The van der Waals surface area contributed by atoms with Crippen LogP contribution in [0.2, 0.25) is 0 Å². The van der Waals surface area contributed by atoms with Gasteiger partial charge in [0.15, 0.2) is 11.5 Å². The molecule has 0 bridgehead atoms. The number of ether oxygens (including phenoxy) is 2. The zero-order chi connectivity index (χ0) is 17.4. The Kier molecular flexibility index (Phi) is 7.24. The molecule has 1 unspecified atom stereocenters. The largest absolute Gasteiger partial charge is 0.490 e. The van der Waals surface area contributed by atoms with E-state index in [0.29, 0.717) is 25.5 Å². The zero-order valence-corrected chi connectivity index (χ0v) is 13.8. The maximum Gasteiger partial charge on any atom is 0.387 e. The second-order valence-electron chi connectivity index (χ2n) is 5.77. The monoisotopic (exact) mass is 342 g/mol. The van der Waals surface area contributed by atoms with E-state index in [0.717, 1.165) is 31.5 Å². The van der Waals surface area contributed by atoms with Crippen LogP contribution in [-0.2, 0) is 11.3 Å². The lowest BCUT2D eigenvalue weighted by atomic mass is 10.0.